The number of benzene rings is 1. The first-order valence-electron chi connectivity index (χ1n) is 6.91. The van der Waals surface area contributed by atoms with Crippen LogP contribution in [0, 0.1) is 17.0 Å². The summed E-state index contributed by atoms with van der Waals surface area (Å²) in [6.07, 6.45) is 2.64. The van der Waals surface area contributed by atoms with E-state index in [0.717, 1.165) is 30.8 Å². The fourth-order valence-corrected chi connectivity index (χ4v) is 2.85. The monoisotopic (exact) mass is 282 g/mol. The third-order valence-corrected chi connectivity index (χ3v) is 3.97. The molecular weight excluding hydrogens is 266 g/mol. The molecule has 2 aromatic rings. The fraction of sp³-hybridized carbons (Fsp3) is 0.250. The lowest BCUT2D eigenvalue weighted by Gasteiger charge is -2.18. The molecule has 0 bridgehead atoms. The number of nitrogens with zero attached hydrogens (tertiary/aromatic N) is 3. The predicted molar refractivity (Wildman–Crippen MR) is 81.4 cm³/mol. The zero-order chi connectivity index (χ0) is 14.8. The molecule has 1 fully saturated rings. The summed E-state index contributed by atoms with van der Waals surface area (Å²) in [5.74, 6) is 0.339. The van der Waals surface area contributed by atoms with Crippen molar-refractivity contribution in [3.63, 3.8) is 0 Å². The van der Waals surface area contributed by atoms with E-state index in [4.69, 9.17) is 0 Å². The standard InChI is InChI=1S/C16H16N3O2/c1-12-4-2-3-5-15(12)13-8-9-18(11-13)14-6-7-16(17-10-14)19(20)21/h2-7,10,13H,1,8-9,11H2. The van der Waals surface area contributed by atoms with Crippen molar-refractivity contribution in [2.45, 2.75) is 12.3 Å². The van der Waals surface area contributed by atoms with Crippen molar-refractivity contribution in [2.24, 2.45) is 0 Å². The molecule has 1 unspecified atom stereocenters. The zero-order valence-electron chi connectivity index (χ0n) is 11.6. The number of anilines is 1. The maximum Gasteiger partial charge on any atom is 0.363 e. The smallest absolute Gasteiger partial charge is 0.363 e. The number of rotatable bonds is 3. The number of pyridine rings is 1. The molecule has 0 saturated carbocycles. The SMILES string of the molecule is [CH2]c1ccccc1C1CCN(c2ccc([N+](=O)[O-])nc2)C1. The molecule has 1 aromatic heterocycles. The average Bonchev–Trinajstić information content (AvgIpc) is 2.97. The van der Waals surface area contributed by atoms with Gasteiger partial charge in [-0.25, -0.2) is 0 Å². The molecule has 21 heavy (non-hydrogen) atoms. The van der Waals surface area contributed by atoms with E-state index in [2.05, 4.69) is 22.9 Å². The van der Waals surface area contributed by atoms with Gasteiger partial charge in [-0.05, 0) is 40.4 Å². The maximum atomic E-state index is 10.6. The van der Waals surface area contributed by atoms with E-state index < -0.39 is 4.92 Å². The summed E-state index contributed by atoms with van der Waals surface area (Å²) < 4.78 is 0. The van der Waals surface area contributed by atoms with Crippen molar-refractivity contribution >= 4 is 11.5 Å². The van der Waals surface area contributed by atoms with Crippen LogP contribution in [0.5, 0.6) is 0 Å². The minimum atomic E-state index is -0.477. The van der Waals surface area contributed by atoms with Crippen molar-refractivity contribution in [3.8, 4) is 0 Å². The summed E-state index contributed by atoms with van der Waals surface area (Å²) in [5, 5.41) is 10.6. The van der Waals surface area contributed by atoms with Gasteiger partial charge in [0.15, 0.2) is 6.20 Å². The Hall–Kier alpha value is -2.43. The molecule has 0 spiro atoms. The number of hydrogen-bond acceptors (Lipinski definition) is 4. The minimum Gasteiger partial charge on any atom is -0.368 e. The first-order valence-corrected chi connectivity index (χ1v) is 6.91. The minimum absolute atomic E-state index is 0.113. The largest absolute Gasteiger partial charge is 0.368 e. The van der Waals surface area contributed by atoms with Gasteiger partial charge >= 0.3 is 5.82 Å². The molecule has 3 rings (SSSR count). The molecule has 1 atom stereocenters. The topological polar surface area (TPSA) is 59.3 Å². The summed E-state index contributed by atoms with van der Waals surface area (Å²) in [4.78, 5) is 16.3. The van der Waals surface area contributed by atoms with Crippen LogP contribution >= 0.6 is 0 Å². The highest BCUT2D eigenvalue weighted by atomic mass is 16.6. The van der Waals surface area contributed by atoms with Gasteiger partial charge in [-0.15, -0.1) is 0 Å². The lowest BCUT2D eigenvalue weighted by Crippen LogP contribution is -2.19. The van der Waals surface area contributed by atoms with E-state index in [1.165, 1.54) is 11.6 Å². The van der Waals surface area contributed by atoms with Gasteiger partial charge < -0.3 is 15.0 Å². The van der Waals surface area contributed by atoms with Crippen molar-refractivity contribution < 1.29 is 4.92 Å². The Labute approximate surface area is 123 Å². The Kier molecular flexibility index (Phi) is 3.56. The number of nitro groups is 1. The number of hydrogen-bond donors (Lipinski definition) is 0. The Balaban J connectivity index is 1.75. The van der Waals surface area contributed by atoms with Crippen molar-refractivity contribution in [2.75, 3.05) is 18.0 Å². The molecule has 0 N–H and O–H groups in total. The van der Waals surface area contributed by atoms with Gasteiger partial charge in [-0.3, -0.25) is 0 Å². The van der Waals surface area contributed by atoms with E-state index >= 15 is 0 Å². The fourth-order valence-electron chi connectivity index (χ4n) is 2.85. The van der Waals surface area contributed by atoms with Crippen LogP contribution < -0.4 is 4.90 Å². The van der Waals surface area contributed by atoms with Gasteiger partial charge in [0.1, 0.15) is 0 Å². The molecule has 1 radical (unpaired) electrons. The summed E-state index contributed by atoms with van der Waals surface area (Å²) in [7, 11) is 0. The van der Waals surface area contributed by atoms with Crippen molar-refractivity contribution in [1.82, 2.24) is 4.98 Å². The summed E-state index contributed by atoms with van der Waals surface area (Å²) in [5.41, 5.74) is 3.30. The summed E-state index contributed by atoms with van der Waals surface area (Å²) in [6.45, 7) is 5.91. The van der Waals surface area contributed by atoms with Crippen LogP contribution in [-0.4, -0.2) is 23.0 Å². The quantitative estimate of drug-likeness (QED) is 0.641. The molecule has 1 aliphatic heterocycles. The van der Waals surface area contributed by atoms with Gasteiger partial charge in [-0.2, -0.15) is 0 Å². The van der Waals surface area contributed by atoms with Crippen LogP contribution in [0.1, 0.15) is 23.5 Å². The molecule has 0 amide bonds. The maximum absolute atomic E-state index is 10.6. The van der Waals surface area contributed by atoms with E-state index in [9.17, 15) is 10.1 Å². The first kappa shape index (κ1) is 13.5. The highest BCUT2D eigenvalue weighted by Gasteiger charge is 2.26. The van der Waals surface area contributed by atoms with E-state index in [0.29, 0.717) is 5.92 Å². The number of aromatic nitrogens is 1. The van der Waals surface area contributed by atoms with Crippen LogP contribution in [0.2, 0.25) is 0 Å². The second-order valence-corrected chi connectivity index (χ2v) is 5.26. The van der Waals surface area contributed by atoms with Crippen molar-refractivity contribution in [1.29, 1.82) is 0 Å². The first-order chi connectivity index (χ1) is 10.1. The summed E-state index contributed by atoms with van der Waals surface area (Å²) in [6, 6.07) is 11.4. The lowest BCUT2D eigenvalue weighted by molar-refractivity contribution is -0.389. The average molecular weight is 282 g/mol. The molecule has 5 nitrogen and oxygen atoms in total. The Morgan fingerprint density at radius 3 is 2.76 bits per heavy atom. The second-order valence-electron chi connectivity index (χ2n) is 5.26. The third kappa shape index (κ3) is 2.72. The molecule has 0 aliphatic carbocycles. The van der Waals surface area contributed by atoms with Crippen LogP contribution in [0.15, 0.2) is 42.6 Å². The molecule has 2 heterocycles. The molecule has 1 aromatic carbocycles. The third-order valence-electron chi connectivity index (χ3n) is 3.97. The van der Waals surface area contributed by atoms with Gasteiger partial charge in [0.2, 0.25) is 0 Å². The van der Waals surface area contributed by atoms with Gasteiger partial charge in [0.05, 0.1) is 5.69 Å². The molecular formula is C16H16N3O2. The molecule has 107 valence electrons. The highest BCUT2D eigenvalue weighted by molar-refractivity contribution is 5.49. The van der Waals surface area contributed by atoms with Crippen LogP contribution in [-0.2, 0) is 0 Å². The van der Waals surface area contributed by atoms with Gasteiger partial charge in [0, 0.05) is 25.1 Å². The van der Waals surface area contributed by atoms with E-state index in [1.54, 1.807) is 12.3 Å². The lowest BCUT2D eigenvalue weighted by atomic mass is 9.94. The van der Waals surface area contributed by atoms with Crippen molar-refractivity contribution in [3.05, 3.63) is 70.8 Å². The van der Waals surface area contributed by atoms with Gasteiger partial charge in [-0.1, -0.05) is 24.3 Å². The zero-order valence-corrected chi connectivity index (χ0v) is 11.6. The Morgan fingerprint density at radius 1 is 1.29 bits per heavy atom. The Bertz CT molecular complexity index is 655. The summed E-state index contributed by atoms with van der Waals surface area (Å²) >= 11 is 0. The normalized spacial score (nSPS) is 18.0. The highest BCUT2D eigenvalue weighted by Crippen LogP contribution is 2.32. The Morgan fingerprint density at radius 2 is 2.10 bits per heavy atom. The van der Waals surface area contributed by atoms with Crippen LogP contribution in [0.3, 0.4) is 0 Å². The van der Waals surface area contributed by atoms with E-state index in [-0.39, 0.29) is 5.82 Å². The van der Waals surface area contributed by atoms with E-state index in [1.807, 2.05) is 18.2 Å². The molecule has 5 heteroatoms. The molecule has 1 aliphatic rings. The second kappa shape index (κ2) is 5.52. The van der Waals surface area contributed by atoms with Gasteiger partial charge in [0.25, 0.3) is 0 Å². The molecule has 1 saturated heterocycles. The van der Waals surface area contributed by atoms with Crippen LogP contribution in [0.4, 0.5) is 11.5 Å². The van der Waals surface area contributed by atoms with Crippen LogP contribution in [0.25, 0.3) is 0 Å². The predicted octanol–water partition coefficient (Wildman–Crippen LogP) is 3.17.